The van der Waals surface area contributed by atoms with Crippen molar-refractivity contribution >= 4 is 23.2 Å². The predicted octanol–water partition coefficient (Wildman–Crippen LogP) is 3.92. The second-order valence-electron chi connectivity index (χ2n) is 6.43. The van der Waals surface area contributed by atoms with Crippen molar-refractivity contribution in [1.29, 1.82) is 0 Å². The topological polar surface area (TPSA) is 60.9 Å². The number of ether oxygens (including phenoxy) is 3. The van der Waals surface area contributed by atoms with Gasteiger partial charge in [0.05, 0.1) is 19.4 Å². The SMILES string of the molecule is COc1cc(N2COc3cc(Cl)ncc3C2=O)ccc1OCCC1CC1. The maximum absolute atomic E-state index is 12.8. The Morgan fingerprint density at radius 3 is 2.92 bits per heavy atom. The van der Waals surface area contributed by atoms with E-state index >= 15 is 0 Å². The molecule has 0 saturated heterocycles. The van der Waals surface area contributed by atoms with Crippen molar-refractivity contribution in [3.05, 3.63) is 41.2 Å². The molecule has 1 saturated carbocycles. The van der Waals surface area contributed by atoms with Gasteiger partial charge in [-0.2, -0.15) is 0 Å². The number of halogens is 1. The van der Waals surface area contributed by atoms with E-state index in [0.717, 1.165) is 12.3 Å². The van der Waals surface area contributed by atoms with Gasteiger partial charge in [-0.3, -0.25) is 9.69 Å². The maximum Gasteiger partial charge on any atom is 0.266 e. The first-order valence-electron chi connectivity index (χ1n) is 8.57. The molecular weight excluding hydrogens is 356 g/mol. The Morgan fingerprint density at radius 2 is 2.15 bits per heavy atom. The molecule has 136 valence electrons. The quantitative estimate of drug-likeness (QED) is 0.717. The van der Waals surface area contributed by atoms with Crippen LogP contribution in [0, 0.1) is 5.92 Å². The third-order valence-corrected chi connectivity index (χ3v) is 4.80. The first-order chi connectivity index (χ1) is 12.7. The summed E-state index contributed by atoms with van der Waals surface area (Å²) in [6.45, 7) is 0.767. The summed E-state index contributed by atoms with van der Waals surface area (Å²) in [5, 5.41) is 0.291. The molecule has 0 bridgehead atoms. The molecule has 2 heterocycles. The van der Waals surface area contributed by atoms with Crippen molar-refractivity contribution in [2.24, 2.45) is 5.92 Å². The Balaban J connectivity index is 1.53. The van der Waals surface area contributed by atoms with Gasteiger partial charge in [-0.05, 0) is 24.5 Å². The third-order valence-electron chi connectivity index (χ3n) is 4.60. The van der Waals surface area contributed by atoms with E-state index in [1.165, 1.54) is 23.9 Å². The molecule has 1 amide bonds. The Bertz CT molecular complexity index is 838. The summed E-state index contributed by atoms with van der Waals surface area (Å²) in [7, 11) is 1.59. The van der Waals surface area contributed by atoms with E-state index in [1.54, 1.807) is 19.2 Å². The number of carbonyl (C=O) groups excluding carboxylic acids is 1. The van der Waals surface area contributed by atoms with E-state index in [2.05, 4.69) is 4.98 Å². The van der Waals surface area contributed by atoms with Crippen LogP contribution >= 0.6 is 11.6 Å². The summed E-state index contributed by atoms with van der Waals surface area (Å²) < 4.78 is 16.9. The molecule has 0 N–H and O–H groups in total. The largest absolute Gasteiger partial charge is 0.493 e. The van der Waals surface area contributed by atoms with Gasteiger partial charge < -0.3 is 14.2 Å². The van der Waals surface area contributed by atoms with Crippen molar-refractivity contribution < 1.29 is 19.0 Å². The number of nitrogens with zero attached hydrogens (tertiary/aromatic N) is 2. The summed E-state index contributed by atoms with van der Waals surface area (Å²) in [6.07, 6.45) is 5.10. The van der Waals surface area contributed by atoms with Crippen molar-refractivity contribution in [1.82, 2.24) is 4.98 Å². The lowest BCUT2D eigenvalue weighted by molar-refractivity contribution is 0.0936. The van der Waals surface area contributed by atoms with Crippen LogP contribution in [0.3, 0.4) is 0 Å². The molecule has 0 atom stereocenters. The van der Waals surface area contributed by atoms with Gasteiger partial charge in [-0.25, -0.2) is 4.98 Å². The fourth-order valence-electron chi connectivity index (χ4n) is 2.91. The first-order valence-corrected chi connectivity index (χ1v) is 8.94. The van der Waals surface area contributed by atoms with Crippen LogP contribution in [0.25, 0.3) is 0 Å². The molecule has 1 fully saturated rings. The summed E-state index contributed by atoms with van der Waals surface area (Å²) in [5.74, 6) is 2.32. The lowest BCUT2D eigenvalue weighted by atomic mass is 10.2. The molecule has 4 rings (SSSR count). The number of hydrogen-bond donors (Lipinski definition) is 0. The number of benzene rings is 1. The molecule has 1 aliphatic carbocycles. The first kappa shape index (κ1) is 17.0. The average Bonchev–Trinajstić information content (AvgIpc) is 3.46. The molecular formula is C19H19ClN2O4. The van der Waals surface area contributed by atoms with Crippen LogP contribution in [0.5, 0.6) is 17.2 Å². The highest BCUT2D eigenvalue weighted by Crippen LogP contribution is 2.36. The van der Waals surface area contributed by atoms with Gasteiger partial charge in [-0.15, -0.1) is 0 Å². The van der Waals surface area contributed by atoms with Crippen LogP contribution in [-0.4, -0.2) is 31.3 Å². The van der Waals surface area contributed by atoms with Crippen molar-refractivity contribution in [3.8, 4) is 17.2 Å². The standard InChI is InChI=1S/C19H19ClN2O4/c1-24-17-8-13(4-5-15(17)25-7-6-12-2-3-12)22-11-26-16-9-18(20)21-10-14(16)19(22)23/h4-5,8-10,12H,2-3,6-7,11H2,1H3. The monoisotopic (exact) mass is 374 g/mol. The number of aromatic nitrogens is 1. The Labute approximate surface area is 156 Å². The number of hydrogen-bond acceptors (Lipinski definition) is 5. The van der Waals surface area contributed by atoms with Crippen LogP contribution in [0.15, 0.2) is 30.5 Å². The number of amides is 1. The number of rotatable bonds is 6. The molecule has 6 nitrogen and oxygen atoms in total. The summed E-state index contributed by atoms with van der Waals surface area (Å²) in [5.41, 5.74) is 1.05. The Morgan fingerprint density at radius 1 is 1.31 bits per heavy atom. The molecule has 2 aromatic rings. The molecule has 1 aromatic carbocycles. The van der Waals surface area contributed by atoms with Crippen molar-refractivity contribution in [2.45, 2.75) is 19.3 Å². The average molecular weight is 375 g/mol. The zero-order valence-corrected chi connectivity index (χ0v) is 15.2. The normalized spacial score (nSPS) is 16.1. The van der Waals surface area contributed by atoms with E-state index in [-0.39, 0.29) is 12.6 Å². The number of carbonyl (C=O) groups is 1. The zero-order chi connectivity index (χ0) is 18.1. The maximum atomic E-state index is 12.8. The van der Waals surface area contributed by atoms with Gasteiger partial charge in [0.15, 0.2) is 18.2 Å². The van der Waals surface area contributed by atoms with E-state index in [4.69, 9.17) is 25.8 Å². The molecule has 0 spiro atoms. The van der Waals surface area contributed by atoms with Crippen LogP contribution in [-0.2, 0) is 0 Å². The number of anilines is 1. The number of methoxy groups -OCH3 is 1. The fraction of sp³-hybridized carbons (Fsp3) is 0.368. The minimum Gasteiger partial charge on any atom is -0.493 e. The van der Waals surface area contributed by atoms with E-state index in [0.29, 0.717) is 40.3 Å². The second-order valence-corrected chi connectivity index (χ2v) is 6.81. The van der Waals surface area contributed by atoms with Gasteiger partial charge in [0, 0.05) is 18.3 Å². The minimum atomic E-state index is -0.195. The fourth-order valence-corrected chi connectivity index (χ4v) is 3.06. The summed E-state index contributed by atoms with van der Waals surface area (Å²) in [6, 6.07) is 6.97. The smallest absolute Gasteiger partial charge is 0.266 e. The molecule has 0 radical (unpaired) electrons. The highest BCUT2D eigenvalue weighted by atomic mass is 35.5. The highest BCUT2D eigenvalue weighted by Gasteiger charge is 2.28. The van der Waals surface area contributed by atoms with E-state index in [1.807, 2.05) is 12.1 Å². The molecule has 26 heavy (non-hydrogen) atoms. The van der Waals surface area contributed by atoms with E-state index < -0.39 is 0 Å². The highest BCUT2D eigenvalue weighted by molar-refractivity contribution is 6.29. The van der Waals surface area contributed by atoms with Crippen molar-refractivity contribution in [3.63, 3.8) is 0 Å². The van der Waals surface area contributed by atoms with Gasteiger partial charge >= 0.3 is 0 Å². The summed E-state index contributed by atoms with van der Waals surface area (Å²) >= 11 is 5.85. The molecule has 1 aliphatic heterocycles. The van der Waals surface area contributed by atoms with E-state index in [9.17, 15) is 4.79 Å². The number of fused-ring (bicyclic) bond motifs is 1. The van der Waals surface area contributed by atoms with Gasteiger partial charge in [0.1, 0.15) is 16.5 Å². The minimum absolute atomic E-state index is 0.0945. The van der Waals surface area contributed by atoms with Gasteiger partial charge in [0.25, 0.3) is 5.91 Å². The lowest BCUT2D eigenvalue weighted by Gasteiger charge is -2.29. The molecule has 2 aliphatic rings. The predicted molar refractivity (Wildman–Crippen MR) is 97.4 cm³/mol. The van der Waals surface area contributed by atoms with Crippen LogP contribution in [0.1, 0.15) is 29.6 Å². The lowest BCUT2D eigenvalue weighted by Crippen LogP contribution is -2.38. The van der Waals surface area contributed by atoms with Crippen LogP contribution in [0.2, 0.25) is 5.15 Å². The summed E-state index contributed by atoms with van der Waals surface area (Å²) in [4.78, 5) is 18.2. The van der Waals surface area contributed by atoms with Crippen LogP contribution < -0.4 is 19.1 Å². The molecule has 7 heteroatoms. The van der Waals surface area contributed by atoms with Crippen molar-refractivity contribution in [2.75, 3.05) is 25.3 Å². The number of pyridine rings is 1. The second kappa shape index (κ2) is 7.03. The molecule has 0 unspecified atom stereocenters. The van der Waals surface area contributed by atoms with Gasteiger partial charge in [-0.1, -0.05) is 24.4 Å². The van der Waals surface area contributed by atoms with Gasteiger partial charge in [0.2, 0.25) is 0 Å². The zero-order valence-electron chi connectivity index (χ0n) is 14.4. The third kappa shape index (κ3) is 3.42. The Hall–Kier alpha value is -2.47. The Kier molecular flexibility index (Phi) is 4.59. The van der Waals surface area contributed by atoms with Crippen LogP contribution in [0.4, 0.5) is 5.69 Å². The molecule has 1 aromatic heterocycles.